The maximum Gasteiger partial charge on any atom is 0.421 e. The first-order valence-electron chi connectivity index (χ1n) is 3.39. The number of rotatable bonds is 6. The second-order valence-corrected chi connectivity index (χ2v) is 5.14. The largest absolute Gasteiger partial charge is 0.421 e. The second-order valence-electron chi connectivity index (χ2n) is 2.70. The van der Waals surface area contributed by atoms with Gasteiger partial charge >= 0.3 is 6.95 Å². The molecule has 0 bridgehead atoms. The summed E-state index contributed by atoms with van der Waals surface area (Å²) in [7, 11) is 0. The Bertz CT molecular complexity index is 179. The quantitative estimate of drug-likeness (QED) is 0.453. The van der Waals surface area contributed by atoms with Crippen molar-refractivity contribution in [3.63, 3.8) is 0 Å². The molecule has 0 aliphatic heterocycles. The van der Waals surface area contributed by atoms with E-state index in [-0.39, 0.29) is 0 Å². The zero-order valence-corrected chi connectivity index (χ0v) is 8.41. The fraction of sp³-hybridized carbons (Fsp3) is 1.00. The highest BCUT2D eigenvalue weighted by atomic mass is 35.7. The number of halogens is 1. The number of aliphatic hydroxyl groups is 3. The van der Waals surface area contributed by atoms with Crippen molar-refractivity contribution in [1.82, 2.24) is 0 Å². The minimum atomic E-state index is -4.16. The van der Waals surface area contributed by atoms with Gasteiger partial charge in [0.05, 0.1) is 31.8 Å². The Labute approximate surface area is 80.0 Å². The van der Waals surface area contributed by atoms with Crippen molar-refractivity contribution in [3.8, 4) is 0 Å². The van der Waals surface area contributed by atoms with Crippen molar-refractivity contribution < 1.29 is 29.3 Å². The Balaban J connectivity index is 4.19. The third kappa shape index (κ3) is 4.93. The van der Waals surface area contributed by atoms with Crippen molar-refractivity contribution in [2.75, 3.05) is 26.4 Å². The molecule has 0 fully saturated rings. The first-order valence-corrected chi connectivity index (χ1v) is 5.87. The van der Waals surface area contributed by atoms with Crippen LogP contribution in [0.2, 0.25) is 0 Å². The lowest BCUT2D eigenvalue weighted by Crippen LogP contribution is -2.38. The minimum absolute atomic E-state index is 0.492. The molecule has 0 aromatic rings. The Morgan fingerprint density at radius 1 is 1.23 bits per heavy atom. The summed E-state index contributed by atoms with van der Waals surface area (Å²) >= 11 is 4.85. The lowest BCUT2D eigenvalue weighted by molar-refractivity contribution is -0.0267. The number of aliphatic hydroxyl groups excluding tert-OH is 3. The van der Waals surface area contributed by atoms with E-state index >= 15 is 0 Å². The molecule has 80 valence electrons. The van der Waals surface area contributed by atoms with E-state index in [9.17, 15) is 4.57 Å². The average molecular weight is 235 g/mol. The van der Waals surface area contributed by atoms with Gasteiger partial charge in [0.2, 0.25) is 0 Å². The van der Waals surface area contributed by atoms with Crippen molar-refractivity contribution in [2.45, 2.75) is 0 Å². The summed E-state index contributed by atoms with van der Waals surface area (Å²) in [6.07, 6.45) is 0. The van der Waals surface area contributed by atoms with Crippen LogP contribution in [0, 0.1) is 5.41 Å². The lowest BCUT2D eigenvalue weighted by Gasteiger charge is -2.26. The molecule has 0 rings (SSSR count). The van der Waals surface area contributed by atoms with E-state index in [1.54, 1.807) is 0 Å². The van der Waals surface area contributed by atoms with E-state index in [0.29, 0.717) is 0 Å². The van der Waals surface area contributed by atoms with Crippen molar-refractivity contribution >= 4 is 18.2 Å². The van der Waals surface area contributed by atoms with Crippen LogP contribution >= 0.6 is 18.2 Å². The molecular weight excluding hydrogens is 222 g/mol. The molecule has 0 heterocycles. The fourth-order valence-corrected chi connectivity index (χ4v) is 1.08. The highest BCUT2D eigenvalue weighted by Gasteiger charge is 2.31. The summed E-state index contributed by atoms with van der Waals surface area (Å²) in [4.78, 5) is 8.52. The van der Waals surface area contributed by atoms with Crippen LogP contribution in [0.4, 0.5) is 0 Å². The molecule has 1 unspecified atom stereocenters. The molecule has 1 atom stereocenters. The third-order valence-electron chi connectivity index (χ3n) is 1.54. The average Bonchev–Trinajstić information content (AvgIpc) is 2.06. The smallest absolute Gasteiger partial charge is 0.396 e. The van der Waals surface area contributed by atoms with Gasteiger partial charge in [-0.1, -0.05) is 0 Å². The maximum absolute atomic E-state index is 10.5. The van der Waals surface area contributed by atoms with Gasteiger partial charge in [-0.3, -0.25) is 4.52 Å². The van der Waals surface area contributed by atoms with Gasteiger partial charge in [-0.15, -0.1) is 0 Å². The highest BCUT2D eigenvalue weighted by Crippen LogP contribution is 2.48. The molecule has 0 saturated carbocycles. The molecule has 8 heteroatoms. The van der Waals surface area contributed by atoms with E-state index in [2.05, 4.69) is 4.52 Å². The number of hydrogen-bond acceptors (Lipinski definition) is 5. The van der Waals surface area contributed by atoms with Crippen LogP contribution in [0.3, 0.4) is 0 Å². The molecule has 6 nitrogen and oxygen atoms in total. The van der Waals surface area contributed by atoms with Crippen LogP contribution in [0.25, 0.3) is 0 Å². The van der Waals surface area contributed by atoms with Crippen molar-refractivity contribution in [2.24, 2.45) is 5.41 Å². The van der Waals surface area contributed by atoms with E-state index in [1.807, 2.05) is 0 Å². The van der Waals surface area contributed by atoms with Gasteiger partial charge in [0.1, 0.15) is 0 Å². The van der Waals surface area contributed by atoms with E-state index < -0.39 is 38.8 Å². The molecule has 0 radical (unpaired) electrons. The zero-order chi connectivity index (χ0) is 10.5. The van der Waals surface area contributed by atoms with Crippen molar-refractivity contribution in [3.05, 3.63) is 0 Å². The van der Waals surface area contributed by atoms with Crippen LogP contribution in [0.15, 0.2) is 0 Å². The van der Waals surface area contributed by atoms with Gasteiger partial charge in [-0.05, 0) is 0 Å². The van der Waals surface area contributed by atoms with Gasteiger partial charge in [-0.25, -0.2) is 4.57 Å². The first-order chi connectivity index (χ1) is 5.89. The Morgan fingerprint density at radius 3 is 1.85 bits per heavy atom. The Morgan fingerprint density at radius 2 is 1.62 bits per heavy atom. The van der Waals surface area contributed by atoms with Crippen molar-refractivity contribution in [1.29, 1.82) is 0 Å². The predicted octanol–water partition coefficient (Wildman–Crippen LogP) is -0.695. The summed E-state index contributed by atoms with van der Waals surface area (Å²) in [6.45, 7) is -6.37. The van der Waals surface area contributed by atoms with Crippen LogP contribution in [0.5, 0.6) is 0 Å². The van der Waals surface area contributed by atoms with Crippen LogP contribution in [-0.2, 0) is 9.09 Å². The molecule has 0 aromatic carbocycles. The highest BCUT2D eigenvalue weighted by molar-refractivity contribution is 7.80. The molecule has 4 N–H and O–H groups in total. The third-order valence-corrected chi connectivity index (χ3v) is 2.28. The zero-order valence-electron chi connectivity index (χ0n) is 6.76. The monoisotopic (exact) mass is 234 g/mol. The molecule has 0 aromatic heterocycles. The van der Waals surface area contributed by atoms with Gasteiger partial charge < -0.3 is 20.2 Å². The molecule has 0 spiro atoms. The normalized spacial score (nSPS) is 17.0. The topological polar surface area (TPSA) is 107 Å². The SMILES string of the molecule is O=P(O)(Cl)OCC(CO)(CO)CO. The van der Waals surface area contributed by atoms with Gasteiger partial charge in [0, 0.05) is 11.2 Å². The number of hydrogen-bond donors (Lipinski definition) is 4. The van der Waals surface area contributed by atoms with Crippen LogP contribution in [0.1, 0.15) is 0 Å². The molecule has 0 amide bonds. The summed E-state index contributed by atoms with van der Waals surface area (Å²) in [5, 5.41) is 26.3. The molecule has 0 aliphatic rings. The first kappa shape index (κ1) is 13.3. The molecular formula is C5H12ClO6P. The predicted molar refractivity (Wildman–Crippen MR) is 45.3 cm³/mol. The van der Waals surface area contributed by atoms with Gasteiger partial charge in [-0.2, -0.15) is 0 Å². The lowest BCUT2D eigenvalue weighted by atomic mass is 9.93. The van der Waals surface area contributed by atoms with Gasteiger partial charge in [0.25, 0.3) is 0 Å². The summed E-state index contributed by atoms with van der Waals surface area (Å²) in [5.41, 5.74) is -1.34. The van der Waals surface area contributed by atoms with E-state index in [1.165, 1.54) is 0 Å². The molecule has 0 aliphatic carbocycles. The van der Waals surface area contributed by atoms with E-state index in [0.717, 1.165) is 0 Å². The standard InChI is InChI=1S/C5H12ClO6P/c6-13(10,11)12-4-5(1-7,2-8)3-9/h7-9H,1-4H2,(H,10,11). The summed E-state index contributed by atoms with van der Waals surface area (Å²) in [5.74, 6) is 0. The van der Waals surface area contributed by atoms with Gasteiger partial charge in [0.15, 0.2) is 0 Å². The van der Waals surface area contributed by atoms with E-state index in [4.69, 9.17) is 31.5 Å². The fourth-order valence-electron chi connectivity index (χ4n) is 0.503. The Kier molecular flexibility index (Phi) is 5.39. The second kappa shape index (κ2) is 5.26. The van der Waals surface area contributed by atoms with Crippen LogP contribution < -0.4 is 0 Å². The molecule has 13 heavy (non-hydrogen) atoms. The van der Waals surface area contributed by atoms with Crippen LogP contribution in [-0.4, -0.2) is 46.6 Å². The summed E-state index contributed by atoms with van der Waals surface area (Å²) in [6, 6.07) is 0. The Hall–Kier alpha value is 0.320. The maximum atomic E-state index is 10.5. The minimum Gasteiger partial charge on any atom is -0.396 e. The molecule has 0 saturated heterocycles. The summed E-state index contributed by atoms with van der Waals surface area (Å²) < 4.78 is 14.7.